The second-order valence-corrected chi connectivity index (χ2v) is 9.31. The van der Waals surface area contributed by atoms with Gasteiger partial charge in [0, 0.05) is 0 Å². The lowest BCUT2D eigenvalue weighted by atomic mass is 10.2. The Morgan fingerprint density at radius 3 is 2.19 bits per heavy atom. The van der Waals surface area contributed by atoms with Gasteiger partial charge in [0.25, 0.3) is 0 Å². The highest BCUT2D eigenvalue weighted by atomic mass is 32.2. The standard InChI is InChI=1S/C16H15F2NO6S2/c17-16(18)26(20,21)12-5-7-13(8-6-12)27(22,23)19-9-11-10-24-14-3-1-2-4-15(14)25-11/h1-8,11,16,19H,9-10H2. The molecule has 1 N–H and O–H groups in total. The van der Waals surface area contributed by atoms with Crippen LogP contribution < -0.4 is 14.2 Å². The van der Waals surface area contributed by atoms with Crippen molar-refractivity contribution in [2.75, 3.05) is 13.2 Å². The van der Waals surface area contributed by atoms with Crippen molar-refractivity contribution in [3.05, 3.63) is 48.5 Å². The van der Waals surface area contributed by atoms with E-state index in [-0.39, 0.29) is 18.0 Å². The fraction of sp³-hybridized carbons (Fsp3) is 0.250. The molecule has 0 fully saturated rings. The molecule has 0 saturated heterocycles. The van der Waals surface area contributed by atoms with Gasteiger partial charge in [0.15, 0.2) is 11.5 Å². The number of alkyl halides is 2. The summed E-state index contributed by atoms with van der Waals surface area (Å²) in [6, 6.07) is 10.5. The zero-order chi connectivity index (χ0) is 19.7. The molecule has 0 bridgehead atoms. The molecule has 27 heavy (non-hydrogen) atoms. The lowest BCUT2D eigenvalue weighted by Gasteiger charge is -2.26. The molecule has 0 radical (unpaired) electrons. The van der Waals surface area contributed by atoms with Crippen molar-refractivity contribution in [3.8, 4) is 11.5 Å². The molecule has 0 saturated carbocycles. The minimum absolute atomic E-state index is 0.0895. The smallest absolute Gasteiger partial charge is 0.341 e. The normalized spacial score (nSPS) is 17.1. The van der Waals surface area contributed by atoms with Crippen molar-refractivity contribution in [1.82, 2.24) is 4.72 Å². The van der Waals surface area contributed by atoms with Gasteiger partial charge in [0.2, 0.25) is 19.9 Å². The van der Waals surface area contributed by atoms with Gasteiger partial charge in [-0.05, 0) is 36.4 Å². The van der Waals surface area contributed by atoms with Crippen LogP contribution in [0.15, 0.2) is 58.3 Å². The van der Waals surface area contributed by atoms with Crippen molar-refractivity contribution < 1.29 is 35.1 Å². The summed E-state index contributed by atoms with van der Waals surface area (Å²) >= 11 is 0. The number of nitrogens with one attached hydrogen (secondary N) is 1. The number of halogens is 2. The molecular weight excluding hydrogens is 404 g/mol. The molecule has 0 spiro atoms. The number of rotatable bonds is 6. The molecule has 1 unspecified atom stereocenters. The van der Waals surface area contributed by atoms with Gasteiger partial charge in [-0.15, -0.1) is 0 Å². The van der Waals surface area contributed by atoms with E-state index < -0.39 is 36.6 Å². The minimum atomic E-state index is -4.78. The fourth-order valence-electron chi connectivity index (χ4n) is 2.36. The maximum atomic E-state index is 12.5. The highest BCUT2D eigenvalue weighted by molar-refractivity contribution is 7.91. The summed E-state index contributed by atoms with van der Waals surface area (Å²) in [5.74, 6) is -2.52. The Labute approximate surface area is 154 Å². The Bertz CT molecular complexity index is 1020. The summed E-state index contributed by atoms with van der Waals surface area (Å²) in [5.41, 5.74) is 0. The first-order valence-corrected chi connectivity index (χ1v) is 10.7. The quantitative estimate of drug-likeness (QED) is 0.767. The van der Waals surface area contributed by atoms with Crippen LogP contribution in [0.1, 0.15) is 0 Å². The summed E-state index contributed by atoms with van der Waals surface area (Å²) in [6.45, 7) is 0.0544. The van der Waals surface area contributed by atoms with Crippen molar-refractivity contribution in [3.63, 3.8) is 0 Å². The SMILES string of the molecule is O=S(=O)(NCC1COc2ccccc2O1)c1ccc(S(=O)(=O)C(F)F)cc1. The molecule has 1 aliphatic rings. The van der Waals surface area contributed by atoms with Gasteiger partial charge in [0.1, 0.15) is 12.7 Å². The van der Waals surface area contributed by atoms with E-state index in [4.69, 9.17) is 9.47 Å². The topological polar surface area (TPSA) is 98.8 Å². The number of para-hydroxylation sites is 2. The van der Waals surface area contributed by atoms with E-state index in [1.165, 1.54) is 0 Å². The van der Waals surface area contributed by atoms with Crippen molar-refractivity contribution in [1.29, 1.82) is 0 Å². The molecule has 0 aliphatic carbocycles. The van der Waals surface area contributed by atoms with E-state index >= 15 is 0 Å². The van der Waals surface area contributed by atoms with Crippen LogP contribution in [0.5, 0.6) is 11.5 Å². The predicted molar refractivity (Wildman–Crippen MR) is 91.2 cm³/mol. The highest BCUT2D eigenvalue weighted by Gasteiger charge is 2.27. The summed E-state index contributed by atoms with van der Waals surface area (Å²) in [5, 5.41) is 0. The molecule has 2 aromatic carbocycles. The average molecular weight is 419 g/mol. The molecule has 7 nitrogen and oxygen atoms in total. The Morgan fingerprint density at radius 1 is 0.963 bits per heavy atom. The van der Waals surface area contributed by atoms with E-state index in [2.05, 4.69) is 4.72 Å². The van der Waals surface area contributed by atoms with Gasteiger partial charge in [-0.1, -0.05) is 12.1 Å². The van der Waals surface area contributed by atoms with Crippen LogP contribution in [0.25, 0.3) is 0 Å². The van der Waals surface area contributed by atoms with Gasteiger partial charge < -0.3 is 9.47 Å². The Morgan fingerprint density at radius 2 is 1.56 bits per heavy atom. The van der Waals surface area contributed by atoms with Crippen LogP contribution in [-0.4, -0.2) is 41.8 Å². The molecule has 1 atom stereocenters. The lowest BCUT2D eigenvalue weighted by molar-refractivity contribution is 0.0943. The van der Waals surface area contributed by atoms with Crippen LogP contribution in [0, 0.1) is 0 Å². The predicted octanol–water partition coefficient (Wildman–Crippen LogP) is 1.80. The summed E-state index contributed by atoms with van der Waals surface area (Å²) in [6.07, 6.45) is -0.562. The third-order valence-corrected chi connectivity index (χ3v) is 6.60. The number of sulfonamides is 1. The second-order valence-electron chi connectivity index (χ2n) is 5.63. The van der Waals surface area contributed by atoms with E-state index in [1.807, 2.05) is 0 Å². The van der Waals surface area contributed by atoms with Gasteiger partial charge in [-0.25, -0.2) is 21.6 Å². The van der Waals surface area contributed by atoms with Gasteiger partial charge in [-0.2, -0.15) is 8.78 Å². The maximum absolute atomic E-state index is 12.5. The molecule has 3 rings (SSSR count). The third kappa shape index (κ3) is 4.20. The monoisotopic (exact) mass is 419 g/mol. The first kappa shape index (κ1) is 19.5. The minimum Gasteiger partial charge on any atom is -0.486 e. The Balaban J connectivity index is 1.67. The number of ether oxygens (including phenoxy) is 2. The van der Waals surface area contributed by atoms with Crippen LogP contribution in [0.2, 0.25) is 0 Å². The zero-order valence-electron chi connectivity index (χ0n) is 13.7. The largest absolute Gasteiger partial charge is 0.486 e. The van der Waals surface area contributed by atoms with Crippen molar-refractivity contribution >= 4 is 19.9 Å². The molecule has 2 aromatic rings. The van der Waals surface area contributed by atoms with E-state index in [0.29, 0.717) is 11.5 Å². The summed E-state index contributed by atoms with van der Waals surface area (Å²) in [4.78, 5) is -0.912. The average Bonchev–Trinajstić information content (AvgIpc) is 2.66. The Hall–Kier alpha value is -2.24. The van der Waals surface area contributed by atoms with E-state index in [0.717, 1.165) is 24.3 Å². The number of hydrogen-bond donors (Lipinski definition) is 1. The molecule has 1 heterocycles. The van der Waals surface area contributed by atoms with Crippen LogP contribution in [0.4, 0.5) is 8.78 Å². The molecule has 0 amide bonds. The number of benzene rings is 2. The number of fused-ring (bicyclic) bond motifs is 1. The van der Waals surface area contributed by atoms with Gasteiger partial charge in [0.05, 0.1) is 16.3 Å². The second kappa shape index (κ2) is 7.41. The molecular formula is C16H15F2NO6S2. The molecule has 11 heteroatoms. The first-order chi connectivity index (χ1) is 12.7. The Kier molecular flexibility index (Phi) is 5.36. The van der Waals surface area contributed by atoms with Gasteiger partial charge >= 0.3 is 5.76 Å². The summed E-state index contributed by atoms with van der Waals surface area (Å²) < 4.78 is 85.9. The van der Waals surface area contributed by atoms with E-state index in [1.54, 1.807) is 24.3 Å². The highest BCUT2D eigenvalue weighted by Crippen LogP contribution is 2.30. The number of hydrogen-bond acceptors (Lipinski definition) is 6. The maximum Gasteiger partial charge on any atom is 0.341 e. The fourth-order valence-corrected chi connectivity index (χ4v) is 4.15. The van der Waals surface area contributed by atoms with Crippen molar-refractivity contribution in [2.24, 2.45) is 0 Å². The lowest BCUT2D eigenvalue weighted by Crippen LogP contribution is -2.40. The van der Waals surface area contributed by atoms with E-state index in [9.17, 15) is 25.6 Å². The van der Waals surface area contributed by atoms with Crippen LogP contribution in [0.3, 0.4) is 0 Å². The molecule has 0 aromatic heterocycles. The number of sulfone groups is 1. The zero-order valence-corrected chi connectivity index (χ0v) is 15.3. The molecule has 146 valence electrons. The van der Waals surface area contributed by atoms with Crippen molar-refractivity contribution in [2.45, 2.75) is 21.7 Å². The third-order valence-electron chi connectivity index (χ3n) is 3.77. The van der Waals surface area contributed by atoms with Crippen LogP contribution in [-0.2, 0) is 19.9 Å². The molecule has 1 aliphatic heterocycles. The van der Waals surface area contributed by atoms with Gasteiger partial charge in [-0.3, -0.25) is 0 Å². The first-order valence-electron chi connectivity index (χ1n) is 7.70. The summed E-state index contributed by atoms with van der Waals surface area (Å²) in [7, 11) is -8.77. The van der Waals surface area contributed by atoms with Crippen LogP contribution >= 0.6 is 0 Å².